The summed E-state index contributed by atoms with van der Waals surface area (Å²) < 4.78 is 5.00. The fraction of sp³-hybridized carbons (Fsp3) is 0.133. The number of aromatic nitrogens is 2. The van der Waals surface area contributed by atoms with Crippen molar-refractivity contribution < 1.29 is 9.32 Å². The number of nitrogens with one attached hydrogen (secondary N) is 1. The quantitative estimate of drug-likeness (QED) is 0.774. The van der Waals surface area contributed by atoms with Crippen LogP contribution in [0.4, 0.5) is 5.69 Å². The number of pyridine rings is 1. The van der Waals surface area contributed by atoms with Gasteiger partial charge >= 0.3 is 0 Å². The molecule has 0 atom stereocenters. The summed E-state index contributed by atoms with van der Waals surface area (Å²) in [6.07, 6.45) is 1.64. The molecule has 0 aliphatic carbocycles. The van der Waals surface area contributed by atoms with Crippen LogP contribution in [-0.4, -0.2) is 16.0 Å². The van der Waals surface area contributed by atoms with Gasteiger partial charge in [-0.15, -0.1) is 0 Å². The molecule has 0 saturated carbocycles. The summed E-state index contributed by atoms with van der Waals surface area (Å²) in [6, 6.07) is 9.63. The molecular formula is C15H13N3O2. The molecule has 0 aliphatic heterocycles. The number of carbonyl (C=O) groups excluding carboxylic acids is 1. The average Bonchev–Trinajstić information content (AvgIpc) is 2.78. The Balaban J connectivity index is 1.91. The van der Waals surface area contributed by atoms with E-state index in [-0.39, 0.29) is 5.91 Å². The number of aryl methyl sites for hydroxylation is 2. The van der Waals surface area contributed by atoms with Gasteiger partial charge in [0.1, 0.15) is 11.3 Å². The molecule has 20 heavy (non-hydrogen) atoms. The average molecular weight is 267 g/mol. The van der Waals surface area contributed by atoms with E-state index in [1.54, 1.807) is 20.0 Å². The van der Waals surface area contributed by atoms with Gasteiger partial charge in [-0.05, 0) is 26.0 Å². The second kappa shape index (κ2) is 4.77. The molecule has 0 spiro atoms. The number of para-hydroxylation sites is 1. The van der Waals surface area contributed by atoms with E-state index < -0.39 is 0 Å². The molecule has 100 valence electrons. The number of hydrogen-bond donors (Lipinski definition) is 1. The monoisotopic (exact) mass is 267 g/mol. The maximum atomic E-state index is 12.2. The summed E-state index contributed by atoms with van der Waals surface area (Å²) in [5.74, 6) is 0.270. The van der Waals surface area contributed by atoms with Gasteiger partial charge < -0.3 is 9.84 Å². The number of hydrogen-bond acceptors (Lipinski definition) is 4. The van der Waals surface area contributed by atoms with E-state index in [2.05, 4.69) is 15.5 Å². The van der Waals surface area contributed by atoms with Gasteiger partial charge in [-0.25, -0.2) is 0 Å². The van der Waals surface area contributed by atoms with E-state index in [1.165, 1.54) is 0 Å². The Kier molecular flexibility index (Phi) is 2.95. The standard InChI is InChI=1S/C15H13N3O2/c1-9-14(10(2)20-18-9)15(19)17-12-7-11-5-3-4-6-13(11)16-8-12/h3-8H,1-2H3,(H,17,19). The molecule has 1 amide bonds. The lowest BCUT2D eigenvalue weighted by atomic mass is 10.2. The zero-order valence-electron chi connectivity index (χ0n) is 11.2. The lowest BCUT2D eigenvalue weighted by molar-refractivity contribution is 0.102. The lowest BCUT2D eigenvalue weighted by Crippen LogP contribution is -2.13. The van der Waals surface area contributed by atoms with Gasteiger partial charge in [0.15, 0.2) is 0 Å². The Morgan fingerprint density at radius 3 is 2.80 bits per heavy atom. The minimum absolute atomic E-state index is 0.238. The SMILES string of the molecule is Cc1noc(C)c1C(=O)Nc1cnc2ccccc2c1. The van der Waals surface area contributed by atoms with Gasteiger partial charge in [-0.1, -0.05) is 23.4 Å². The molecule has 1 N–H and O–H groups in total. The molecule has 0 fully saturated rings. The van der Waals surface area contributed by atoms with E-state index in [0.717, 1.165) is 10.9 Å². The number of benzene rings is 1. The van der Waals surface area contributed by atoms with Crippen molar-refractivity contribution in [1.29, 1.82) is 0 Å². The number of rotatable bonds is 2. The maximum absolute atomic E-state index is 12.2. The molecule has 0 bridgehead atoms. The summed E-state index contributed by atoms with van der Waals surface area (Å²) in [5.41, 5.74) is 2.59. The Labute approximate surface area is 115 Å². The van der Waals surface area contributed by atoms with Crippen LogP contribution in [0.3, 0.4) is 0 Å². The first-order valence-corrected chi connectivity index (χ1v) is 6.24. The fourth-order valence-corrected chi connectivity index (χ4v) is 2.14. The number of nitrogens with zero attached hydrogens (tertiary/aromatic N) is 2. The van der Waals surface area contributed by atoms with Gasteiger partial charge in [-0.2, -0.15) is 0 Å². The minimum Gasteiger partial charge on any atom is -0.361 e. The molecule has 0 saturated heterocycles. The molecule has 5 nitrogen and oxygen atoms in total. The summed E-state index contributed by atoms with van der Waals surface area (Å²) >= 11 is 0. The van der Waals surface area contributed by atoms with Crippen LogP contribution >= 0.6 is 0 Å². The fourth-order valence-electron chi connectivity index (χ4n) is 2.14. The van der Waals surface area contributed by atoms with Crippen LogP contribution in [-0.2, 0) is 0 Å². The largest absolute Gasteiger partial charge is 0.361 e. The van der Waals surface area contributed by atoms with Crippen LogP contribution in [0.5, 0.6) is 0 Å². The van der Waals surface area contributed by atoms with Gasteiger partial charge in [0.05, 0.1) is 23.1 Å². The highest BCUT2D eigenvalue weighted by molar-refractivity contribution is 6.06. The third kappa shape index (κ3) is 2.14. The highest BCUT2D eigenvalue weighted by Gasteiger charge is 2.17. The highest BCUT2D eigenvalue weighted by Crippen LogP contribution is 2.18. The first-order chi connectivity index (χ1) is 9.65. The second-order valence-corrected chi connectivity index (χ2v) is 4.57. The van der Waals surface area contributed by atoms with Crippen LogP contribution in [0, 0.1) is 13.8 Å². The molecule has 3 rings (SSSR count). The van der Waals surface area contributed by atoms with Gasteiger partial charge in [0, 0.05) is 5.39 Å². The van der Waals surface area contributed by atoms with Gasteiger partial charge in [0.25, 0.3) is 5.91 Å². The lowest BCUT2D eigenvalue weighted by Gasteiger charge is -2.05. The van der Waals surface area contributed by atoms with Crippen molar-refractivity contribution in [3.05, 3.63) is 53.5 Å². The summed E-state index contributed by atoms with van der Waals surface area (Å²) in [5, 5.41) is 7.57. The van der Waals surface area contributed by atoms with Crippen molar-refractivity contribution in [2.75, 3.05) is 5.32 Å². The van der Waals surface area contributed by atoms with Crippen LogP contribution in [0.15, 0.2) is 41.1 Å². The highest BCUT2D eigenvalue weighted by atomic mass is 16.5. The zero-order valence-corrected chi connectivity index (χ0v) is 11.2. The van der Waals surface area contributed by atoms with Crippen LogP contribution < -0.4 is 5.32 Å². The second-order valence-electron chi connectivity index (χ2n) is 4.57. The Morgan fingerprint density at radius 2 is 2.05 bits per heavy atom. The summed E-state index contributed by atoms with van der Waals surface area (Å²) in [4.78, 5) is 16.5. The summed E-state index contributed by atoms with van der Waals surface area (Å²) in [7, 11) is 0. The van der Waals surface area contributed by atoms with Gasteiger partial charge in [0.2, 0.25) is 0 Å². The van der Waals surface area contributed by atoms with E-state index in [4.69, 9.17) is 4.52 Å². The predicted molar refractivity (Wildman–Crippen MR) is 75.7 cm³/mol. The molecule has 1 aromatic carbocycles. The van der Waals surface area contributed by atoms with E-state index in [0.29, 0.717) is 22.7 Å². The number of carbonyl (C=O) groups is 1. The smallest absolute Gasteiger partial charge is 0.261 e. The molecule has 2 heterocycles. The van der Waals surface area contributed by atoms with Crippen LogP contribution in [0.2, 0.25) is 0 Å². The molecule has 0 aliphatic rings. The normalized spacial score (nSPS) is 10.7. The molecular weight excluding hydrogens is 254 g/mol. The van der Waals surface area contributed by atoms with E-state index in [9.17, 15) is 4.79 Å². The van der Waals surface area contributed by atoms with Crippen molar-refractivity contribution in [2.45, 2.75) is 13.8 Å². The van der Waals surface area contributed by atoms with Crippen molar-refractivity contribution in [3.63, 3.8) is 0 Å². The Hall–Kier alpha value is -2.69. The van der Waals surface area contributed by atoms with Crippen molar-refractivity contribution in [2.24, 2.45) is 0 Å². The number of anilines is 1. The summed E-state index contributed by atoms with van der Waals surface area (Å²) in [6.45, 7) is 3.46. The van der Waals surface area contributed by atoms with Crippen LogP contribution in [0.25, 0.3) is 10.9 Å². The van der Waals surface area contributed by atoms with E-state index in [1.807, 2.05) is 30.3 Å². The predicted octanol–water partition coefficient (Wildman–Crippen LogP) is 3.09. The van der Waals surface area contributed by atoms with Crippen molar-refractivity contribution >= 4 is 22.5 Å². The molecule has 3 aromatic rings. The first-order valence-electron chi connectivity index (χ1n) is 6.24. The third-order valence-electron chi connectivity index (χ3n) is 3.11. The van der Waals surface area contributed by atoms with Crippen molar-refractivity contribution in [1.82, 2.24) is 10.1 Å². The zero-order chi connectivity index (χ0) is 14.1. The Morgan fingerprint density at radius 1 is 1.25 bits per heavy atom. The first kappa shape index (κ1) is 12.3. The molecule has 0 unspecified atom stereocenters. The topological polar surface area (TPSA) is 68.0 Å². The maximum Gasteiger partial charge on any atom is 0.261 e. The molecule has 0 radical (unpaired) electrons. The van der Waals surface area contributed by atoms with Crippen molar-refractivity contribution in [3.8, 4) is 0 Å². The Bertz CT molecular complexity index is 773. The number of fused-ring (bicyclic) bond motifs is 1. The number of amides is 1. The van der Waals surface area contributed by atoms with E-state index >= 15 is 0 Å². The molecule has 5 heteroatoms. The van der Waals surface area contributed by atoms with Gasteiger partial charge in [-0.3, -0.25) is 9.78 Å². The minimum atomic E-state index is -0.238. The van der Waals surface area contributed by atoms with Crippen LogP contribution in [0.1, 0.15) is 21.8 Å². The third-order valence-corrected chi connectivity index (χ3v) is 3.11. The molecule has 2 aromatic heterocycles.